The van der Waals surface area contributed by atoms with E-state index < -0.39 is 0 Å². The Labute approximate surface area is 129 Å². The Morgan fingerprint density at radius 3 is 2.52 bits per heavy atom. The molecule has 1 N–H and O–H groups in total. The fourth-order valence-corrected chi connectivity index (χ4v) is 3.42. The molecule has 0 aromatic heterocycles. The highest BCUT2D eigenvalue weighted by molar-refractivity contribution is 5.25. The summed E-state index contributed by atoms with van der Waals surface area (Å²) in [6.07, 6.45) is 0. The lowest BCUT2D eigenvalue weighted by atomic mass is 9.85. The zero-order valence-electron chi connectivity index (χ0n) is 14.1. The monoisotopic (exact) mass is 290 g/mol. The van der Waals surface area contributed by atoms with Gasteiger partial charge in [0.1, 0.15) is 0 Å². The highest BCUT2D eigenvalue weighted by Crippen LogP contribution is 2.29. The van der Waals surface area contributed by atoms with E-state index in [-0.39, 0.29) is 5.54 Å². The summed E-state index contributed by atoms with van der Waals surface area (Å²) in [4.78, 5) is 2.62. The van der Waals surface area contributed by atoms with E-state index >= 15 is 0 Å². The number of nitrogens with zero attached hydrogens (tertiary/aromatic N) is 1. The van der Waals surface area contributed by atoms with E-state index in [0.29, 0.717) is 18.0 Å². The van der Waals surface area contributed by atoms with Gasteiger partial charge in [-0.1, -0.05) is 44.2 Å². The van der Waals surface area contributed by atoms with Crippen molar-refractivity contribution in [3.05, 3.63) is 35.9 Å². The van der Waals surface area contributed by atoms with Crippen LogP contribution in [0, 0.1) is 5.92 Å². The van der Waals surface area contributed by atoms with Crippen molar-refractivity contribution in [1.82, 2.24) is 10.2 Å². The maximum absolute atomic E-state index is 5.40. The first-order chi connectivity index (χ1) is 9.98. The molecular formula is C18H30N2O. The van der Waals surface area contributed by atoms with Crippen molar-refractivity contribution in [1.29, 1.82) is 0 Å². The van der Waals surface area contributed by atoms with E-state index in [1.54, 1.807) is 7.11 Å². The second-order valence-corrected chi connectivity index (χ2v) is 6.87. The first kappa shape index (κ1) is 16.5. The lowest BCUT2D eigenvalue weighted by Gasteiger charge is -2.50. The normalized spacial score (nSPS) is 28.8. The standard InChI is InChI=1S/C18H30N2O/c1-14(2)17-11-19-18(4,16-9-7-6-8-10-16)13-20(17)15(3)12-21-5/h6-10,14-15,17,19H,11-13H2,1-5H3. The Kier molecular flexibility index (Phi) is 5.42. The molecule has 1 aliphatic rings. The molecule has 0 amide bonds. The molecule has 0 radical (unpaired) electrons. The summed E-state index contributed by atoms with van der Waals surface area (Å²) in [6, 6.07) is 11.8. The van der Waals surface area contributed by atoms with Crippen LogP contribution in [0.15, 0.2) is 30.3 Å². The summed E-state index contributed by atoms with van der Waals surface area (Å²) >= 11 is 0. The molecule has 1 aliphatic heterocycles. The van der Waals surface area contributed by atoms with Gasteiger partial charge in [-0.2, -0.15) is 0 Å². The van der Waals surface area contributed by atoms with Gasteiger partial charge in [0.25, 0.3) is 0 Å². The number of rotatable bonds is 5. The van der Waals surface area contributed by atoms with Gasteiger partial charge >= 0.3 is 0 Å². The second kappa shape index (κ2) is 6.91. The van der Waals surface area contributed by atoms with Crippen LogP contribution in [0.5, 0.6) is 0 Å². The van der Waals surface area contributed by atoms with E-state index in [4.69, 9.17) is 4.74 Å². The Morgan fingerprint density at radius 2 is 1.95 bits per heavy atom. The summed E-state index contributed by atoms with van der Waals surface area (Å²) in [7, 11) is 1.79. The average molecular weight is 290 g/mol. The lowest BCUT2D eigenvalue weighted by molar-refractivity contribution is 0.00166. The van der Waals surface area contributed by atoms with Crippen molar-refractivity contribution in [2.75, 3.05) is 26.8 Å². The lowest BCUT2D eigenvalue weighted by Crippen LogP contribution is -2.64. The molecule has 118 valence electrons. The molecule has 1 saturated heterocycles. The minimum atomic E-state index is 0.00858. The zero-order valence-corrected chi connectivity index (χ0v) is 14.1. The predicted molar refractivity (Wildman–Crippen MR) is 88.5 cm³/mol. The molecule has 2 rings (SSSR count). The molecule has 1 fully saturated rings. The minimum Gasteiger partial charge on any atom is -0.383 e. The van der Waals surface area contributed by atoms with E-state index in [1.807, 2.05) is 0 Å². The number of benzene rings is 1. The van der Waals surface area contributed by atoms with E-state index in [9.17, 15) is 0 Å². The molecule has 1 aromatic rings. The molecule has 3 heteroatoms. The van der Waals surface area contributed by atoms with Gasteiger partial charge in [-0.05, 0) is 25.3 Å². The van der Waals surface area contributed by atoms with E-state index in [0.717, 1.165) is 19.7 Å². The van der Waals surface area contributed by atoms with Gasteiger partial charge in [-0.15, -0.1) is 0 Å². The van der Waals surface area contributed by atoms with E-state index in [2.05, 4.69) is 68.2 Å². The summed E-state index contributed by atoms with van der Waals surface area (Å²) in [5.41, 5.74) is 1.37. The summed E-state index contributed by atoms with van der Waals surface area (Å²) < 4.78 is 5.40. The van der Waals surface area contributed by atoms with E-state index in [1.165, 1.54) is 5.56 Å². The van der Waals surface area contributed by atoms with Crippen LogP contribution >= 0.6 is 0 Å². The number of ether oxygens (including phenoxy) is 1. The van der Waals surface area contributed by atoms with Crippen LogP contribution in [0.2, 0.25) is 0 Å². The fraction of sp³-hybridized carbons (Fsp3) is 0.667. The molecule has 3 nitrogen and oxygen atoms in total. The fourth-order valence-electron chi connectivity index (χ4n) is 3.42. The topological polar surface area (TPSA) is 24.5 Å². The number of piperazine rings is 1. The summed E-state index contributed by atoms with van der Waals surface area (Å²) in [5.74, 6) is 0.636. The van der Waals surface area contributed by atoms with Crippen LogP contribution < -0.4 is 5.32 Å². The highest BCUT2D eigenvalue weighted by atomic mass is 16.5. The van der Waals surface area contributed by atoms with Gasteiger partial charge in [-0.25, -0.2) is 0 Å². The van der Waals surface area contributed by atoms with Crippen LogP contribution in [0.4, 0.5) is 0 Å². The molecule has 0 spiro atoms. The van der Waals surface area contributed by atoms with Crippen LogP contribution in [-0.2, 0) is 10.3 Å². The van der Waals surface area contributed by atoms with Crippen molar-refractivity contribution in [3.8, 4) is 0 Å². The van der Waals surface area contributed by atoms with Crippen molar-refractivity contribution < 1.29 is 4.74 Å². The molecule has 0 bridgehead atoms. The van der Waals surface area contributed by atoms with Crippen molar-refractivity contribution in [2.24, 2.45) is 5.92 Å². The van der Waals surface area contributed by atoms with Gasteiger partial charge in [0.05, 0.1) is 12.1 Å². The second-order valence-electron chi connectivity index (χ2n) is 6.87. The molecule has 1 heterocycles. The molecule has 3 unspecified atom stereocenters. The maximum Gasteiger partial charge on any atom is 0.0615 e. The Balaban J connectivity index is 2.22. The van der Waals surface area contributed by atoms with Crippen molar-refractivity contribution in [2.45, 2.75) is 45.3 Å². The van der Waals surface area contributed by atoms with Crippen LogP contribution in [0.3, 0.4) is 0 Å². The van der Waals surface area contributed by atoms with Crippen molar-refractivity contribution >= 4 is 0 Å². The SMILES string of the molecule is COCC(C)N1CC(C)(c2ccccc2)NCC1C(C)C. The van der Waals surface area contributed by atoms with Gasteiger partial charge in [-0.3, -0.25) is 4.90 Å². The summed E-state index contributed by atoms with van der Waals surface area (Å²) in [5, 5.41) is 3.79. The third-order valence-electron chi connectivity index (χ3n) is 4.78. The molecule has 0 aliphatic carbocycles. The smallest absolute Gasteiger partial charge is 0.0615 e. The van der Waals surface area contributed by atoms with Crippen LogP contribution in [-0.4, -0.2) is 43.8 Å². The van der Waals surface area contributed by atoms with Gasteiger partial charge in [0.2, 0.25) is 0 Å². The third kappa shape index (κ3) is 3.65. The number of hydrogen-bond acceptors (Lipinski definition) is 3. The van der Waals surface area contributed by atoms with Crippen LogP contribution in [0.1, 0.15) is 33.3 Å². The largest absolute Gasteiger partial charge is 0.383 e. The van der Waals surface area contributed by atoms with Gasteiger partial charge < -0.3 is 10.1 Å². The first-order valence-corrected chi connectivity index (χ1v) is 8.03. The van der Waals surface area contributed by atoms with Gasteiger partial charge in [0, 0.05) is 32.3 Å². The van der Waals surface area contributed by atoms with Crippen molar-refractivity contribution in [3.63, 3.8) is 0 Å². The van der Waals surface area contributed by atoms with Gasteiger partial charge in [0.15, 0.2) is 0 Å². The molecule has 21 heavy (non-hydrogen) atoms. The molecular weight excluding hydrogens is 260 g/mol. The third-order valence-corrected chi connectivity index (χ3v) is 4.78. The first-order valence-electron chi connectivity index (χ1n) is 8.03. The number of hydrogen-bond donors (Lipinski definition) is 1. The molecule has 1 aromatic carbocycles. The van der Waals surface area contributed by atoms with Crippen LogP contribution in [0.25, 0.3) is 0 Å². The Hall–Kier alpha value is -0.900. The Morgan fingerprint density at radius 1 is 1.29 bits per heavy atom. The molecule has 3 atom stereocenters. The Bertz CT molecular complexity index is 434. The highest BCUT2D eigenvalue weighted by Gasteiger charge is 2.39. The summed E-state index contributed by atoms with van der Waals surface area (Å²) in [6.45, 7) is 12.0. The quantitative estimate of drug-likeness (QED) is 0.902. The predicted octanol–water partition coefficient (Wildman–Crippen LogP) is 2.87. The molecule has 0 saturated carbocycles. The maximum atomic E-state index is 5.40. The number of nitrogens with one attached hydrogen (secondary N) is 1. The average Bonchev–Trinajstić information content (AvgIpc) is 2.48. The zero-order chi connectivity index (χ0) is 15.5. The minimum absolute atomic E-state index is 0.00858. The number of methoxy groups -OCH3 is 1.